The summed E-state index contributed by atoms with van der Waals surface area (Å²) in [6.45, 7) is 7.64. The van der Waals surface area contributed by atoms with E-state index in [4.69, 9.17) is 4.74 Å². The summed E-state index contributed by atoms with van der Waals surface area (Å²) < 4.78 is 32.5. The Hall–Kier alpha value is -2.68. The first-order chi connectivity index (χ1) is 10.6. The highest BCUT2D eigenvalue weighted by atomic mass is 19.1. The Kier molecular flexibility index (Phi) is 5.26. The number of halogens is 2. The molecule has 0 spiro atoms. The number of allylic oxidation sites excluding steroid dienone is 2. The lowest BCUT2D eigenvalue weighted by atomic mass is 10.1. The molecule has 0 heterocycles. The molecule has 0 unspecified atom stereocenters. The van der Waals surface area contributed by atoms with E-state index in [0.717, 1.165) is 5.57 Å². The summed E-state index contributed by atoms with van der Waals surface area (Å²) in [6, 6.07) is 10.3. The molecule has 2 rings (SSSR count). The second kappa shape index (κ2) is 7.36. The third kappa shape index (κ3) is 4.16. The normalized spacial score (nSPS) is 10.6. The van der Waals surface area contributed by atoms with Crippen molar-refractivity contribution in [3.05, 3.63) is 91.1 Å². The number of hydrogen-bond acceptors (Lipinski definition) is 1. The van der Waals surface area contributed by atoms with Gasteiger partial charge in [-0.3, -0.25) is 0 Å². The van der Waals surface area contributed by atoms with E-state index >= 15 is 0 Å². The van der Waals surface area contributed by atoms with E-state index in [1.54, 1.807) is 30.4 Å². The van der Waals surface area contributed by atoms with E-state index in [1.807, 2.05) is 0 Å². The molecule has 0 amide bonds. The Labute approximate surface area is 128 Å². The maximum absolute atomic E-state index is 14.1. The van der Waals surface area contributed by atoms with Crippen LogP contribution in [0.1, 0.15) is 0 Å². The SMILES string of the molecule is C=C/C=C\C(=C)COc1ccc(-c2ccc(F)cc2)c(F)c1. The first-order valence-corrected chi connectivity index (χ1v) is 6.75. The lowest BCUT2D eigenvalue weighted by Crippen LogP contribution is -1.99. The topological polar surface area (TPSA) is 9.23 Å². The average Bonchev–Trinajstić information content (AvgIpc) is 2.52. The van der Waals surface area contributed by atoms with E-state index < -0.39 is 5.82 Å². The van der Waals surface area contributed by atoms with Gasteiger partial charge in [-0.05, 0) is 35.4 Å². The van der Waals surface area contributed by atoms with Gasteiger partial charge in [0.2, 0.25) is 0 Å². The zero-order chi connectivity index (χ0) is 15.9. The van der Waals surface area contributed by atoms with Crippen molar-refractivity contribution in [2.24, 2.45) is 0 Å². The molecule has 0 fully saturated rings. The lowest BCUT2D eigenvalue weighted by Gasteiger charge is -2.09. The molecule has 0 bridgehead atoms. The van der Waals surface area contributed by atoms with Gasteiger partial charge in [-0.25, -0.2) is 8.78 Å². The van der Waals surface area contributed by atoms with Crippen molar-refractivity contribution in [1.82, 2.24) is 0 Å². The predicted molar refractivity (Wildman–Crippen MR) is 85.8 cm³/mol. The molecule has 0 aromatic heterocycles. The summed E-state index contributed by atoms with van der Waals surface area (Å²) in [5.41, 5.74) is 1.77. The average molecular weight is 298 g/mol. The Morgan fingerprint density at radius 1 is 1.09 bits per heavy atom. The van der Waals surface area contributed by atoms with E-state index in [-0.39, 0.29) is 12.4 Å². The van der Waals surface area contributed by atoms with Crippen molar-refractivity contribution in [2.45, 2.75) is 0 Å². The standard InChI is InChI=1S/C19H16F2O/c1-3-4-5-14(2)13-22-17-10-11-18(19(21)12-17)15-6-8-16(20)9-7-15/h3-12H,1-2,13H2/b5-4-. The molecular formula is C19H16F2O. The second-order valence-electron chi connectivity index (χ2n) is 4.69. The van der Waals surface area contributed by atoms with Crippen molar-refractivity contribution in [3.63, 3.8) is 0 Å². The van der Waals surface area contributed by atoms with Crippen LogP contribution in [0, 0.1) is 11.6 Å². The van der Waals surface area contributed by atoms with Gasteiger partial charge in [0.25, 0.3) is 0 Å². The summed E-state index contributed by atoms with van der Waals surface area (Å²) in [5.74, 6) is -0.358. The van der Waals surface area contributed by atoms with Crippen LogP contribution >= 0.6 is 0 Å². The molecule has 0 aliphatic carbocycles. The van der Waals surface area contributed by atoms with Gasteiger partial charge >= 0.3 is 0 Å². The molecule has 0 saturated heterocycles. The molecule has 0 atom stereocenters. The van der Waals surface area contributed by atoms with Crippen molar-refractivity contribution in [1.29, 1.82) is 0 Å². The van der Waals surface area contributed by atoms with Crippen LogP contribution in [0.4, 0.5) is 8.78 Å². The number of rotatable bonds is 6. The Morgan fingerprint density at radius 3 is 2.45 bits per heavy atom. The summed E-state index contributed by atoms with van der Waals surface area (Å²) >= 11 is 0. The number of hydrogen-bond donors (Lipinski definition) is 0. The first kappa shape index (κ1) is 15.7. The van der Waals surface area contributed by atoms with E-state index in [9.17, 15) is 8.78 Å². The van der Waals surface area contributed by atoms with Gasteiger partial charge in [0, 0.05) is 11.6 Å². The zero-order valence-electron chi connectivity index (χ0n) is 12.1. The fourth-order valence-corrected chi connectivity index (χ4v) is 1.88. The van der Waals surface area contributed by atoms with E-state index in [0.29, 0.717) is 16.9 Å². The third-order valence-electron chi connectivity index (χ3n) is 2.99. The smallest absolute Gasteiger partial charge is 0.134 e. The molecule has 2 aromatic carbocycles. The van der Waals surface area contributed by atoms with Crippen molar-refractivity contribution >= 4 is 0 Å². The van der Waals surface area contributed by atoms with Crippen LogP contribution in [0.3, 0.4) is 0 Å². The van der Waals surface area contributed by atoms with Gasteiger partial charge in [-0.15, -0.1) is 0 Å². The van der Waals surface area contributed by atoms with Crippen molar-refractivity contribution in [3.8, 4) is 16.9 Å². The monoisotopic (exact) mass is 298 g/mol. The molecule has 112 valence electrons. The molecule has 0 aliphatic heterocycles. The van der Waals surface area contributed by atoms with Crippen molar-refractivity contribution < 1.29 is 13.5 Å². The maximum Gasteiger partial charge on any atom is 0.134 e. The van der Waals surface area contributed by atoms with Crippen LogP contribution in [0.25, 0.3) is 11.1 Å². The van der Waals surface area contributed by atoms with Crippen LogP contribution in [-0.2, 0) is 0 Å². The van der Waals surface area contributed by atoms with Gasteiger partial charge in [-0.1, -0.05) is 43.5 Å². The molecule has 22 heavy (non-hydrogen) atoms. The highest BCUT2D eigenvalue weighted by molar-refractivity contribution is 5.64. The zero-order valence-corrected chi connectivity index (χ0v) is 12.1. The Morgan fingerprint density at radius 2 is 1.82 bits per heavy atom. The van der Waals surface area contributed by atoms with E-state index in [1.165, 1.54) is 30.3 Å². The minimum Gasteiger partial charge on any atom is -0.489 e. The Bertz CT molecular complexity index is 700. The molecule has 0 saturated carbocycles. The summed E-state index contributed by atoms with van der Waals surface area (Å²) in [5, 5.41) is 0. The minimum atomic E-state index is -0.420. The Balaban J connectivity index is 2.09. The lowest BCUT2D eigenvalue weighted by molar-refractivity contribution is 0.354. The molecule has 0 aliphatic rings. The van der Waals surface area contributed by atoms with Crippen LogP contribution in [0.15, 0.2) is 79.4 Å². The van der Waals surface area contributed by atoms with E-state index in [2.05, 4.69) is 13.2 Å². The van der Waals surface area contributed by atoms with Gasteiger partial charge in [0.15, 0.2) is 0 Å². The van der Waals surface area contributed by atoms with Crippen LogP contribution in [0.5, 0.6) is 5.75 Å². The fourth-order valence-electron chi connectivity index (χ4n) is 1.88. The van der Waals surface area contributed by atoms with Crippen LogP contribution in [0.2, 0.25) is 0 Å². The second-order valence-corrected chi connectivity index (χ2v) is 4.69. The summed E-state index contributed by atoms with van der Waals surface area (Å²) in [7, 11) is 0. The fraction of sp³-hybridized carbons (Fsp3) is 0.0526. The van der Waals surface area contributed by atoms with Gasteiger partial charge < -0.3 is 4.74 Å². The van der Waals surface area contributed by atoms with Gasteiger partial charge in [0.1, 0.15) is 24.0 Å². The van der Waals surface area contributed by atoms with Crippen molar-refractivity contribution in [2.75, 3.05) is 6.61 Å². The highest BCUT2D eigenvalue weighted by Crippen LogP contribution is 2.26. The summed E-state index contributed by atoms with van der Waals surface area (Å²) in [4.78, 5) is 0. The third-order valence-corrected chi connectivity index (χ3v) is 2.99. The largest absolute Gasteiger partial charge is 0.489 e. The molecular weight excluding hydrogens is 282 g/mol. The van der Waals surface area contributed by atoms with Gasteiger partial charge in [-0.2, -0.15) is 0 Å². The minimum absolute atomic E-state index is 0.264. The summed E-state index contributed by atoms with van der Waals surface area (Å²) in [6.07, 6.45) is 5.17. The highest BCUT2D eigenvalue weighted by Gasteiger charge is 2.07. The van der Waals surface area contributed by atoms with Gasteiger partial charge in [0.05, 0.1) is 0 Å². The van der Waals surface area contributed by atoms with Crippen LogP contribution in [-0.4, -0.2) is 6.61 Å². The predicted octanol–water partition coefficient (Wildman–Crippen LogP) is 5.31. The molecule has 0 N–H and O–H groups in total. The quantitative estimate of drug-likeness (QED) is 0.657. The number of ether oxygens (including phenoxy) is 1. The molecule has 3 heteroatoms. The molecule has 2 aromatic rings. The molecule has 0 radical (unpaired) electrons. The number of benzene rings is 2. The molecule has 1 nitrogen and oxygen atoms in total. The maximum atomic E-state index is 14.1. The first-order valence-electron chi connectivity index (χ1n) is 6.75. The van der Waals surface area contributed by atoms with Crippen LogP contribution < -0.4 is 4.74 Å².